The monoisotopic (exact) mass is 304 g/mol. The van der Waals surface area contributed by atoms with Crippen molar-refractivity contribution in [1.29, 1.82) is 0 Å². The average molecular weight is 304 g/mol. The van der Waals surface area contributed by atoms with Crippen LogP contribution < -0.4 is 5.32 Å². The summed E-state index contributed by atoms with van der Waals surface area (Å²) < 4.78 is 5.33. The molecule has 1 unspecified atom stereocenters. The maximum absolute atomic E-state index is 12.1. The predicted octanol–water partition coefficient (Wildman–Crippen LogP) is 2.56. The number of likely N-dealkylation sites (tertiary alicyclic amines) is 1. The number of amides is 2. The summed E-state index contributed by atoms with van der Waals surface area (Å²) in [5.41, 5.74) is 0.960. The highest BCUT2D eigenvalue weighted by molar-refractivity contribution is 5.80. The number of carbonyl (C=O) groups is 2. The van der Waals surface area contributed by atoms with Crippen LogP contribution in [0.5, 0.6) is 0 Å². The number of nitrogens with one attached hydrogen (secondary N) is 1. The first kappa shape index (κ1) is 16.3. The molecule has 0 bridgehead atoms. The van der Waals surface area contributed by atoms with Gasteiger partial charge in [0.1, 0.15) is 6.61 Å². The number of hydrogen-bond acceptors (Lipinski definition) is 3. The summed E-state index contributed by atoms with van der Waals surface area (Å²) in [6, 6.07) is 9.71. The van der Waals surface area contributed by atoms with Gasteiger partial charge >= 0.3 is 6.09 Å². The van der Waals surface area contributed by atoms with E-state index in [1.165, 1.54) is 0 Å². The van der Waals surface area contributed by atoms with Crippen LogP contribution in [-0.2, 0) is 16.1 Å². The fourth-order valence-corrected chi connectivity index (χ4v) is 2.57. The third kappa shape index (κ3) is 4.76. The summed E-state index contributed by atoms with van der Waals surface area (Å²) in [5.74, 6) is -0.115. The summed E-state index contributed by atoms with van der Waals surface area (Å²) in [7, 11) is 0. The molecule has 2 amide bonds. The maximum atomic E-state index is 12.1. The average Bonchev–Trinajstić information content (AvgIpc) is 2.53. The van der Waals surface area contributed by atoms with Gasteiger partial charge in [0, 0.05) is 19.1 Å². The molecule has 1 aromatic carbocycles. The molecule has 2 rings (SSSR count). The summed E-state index contributed by atoms with van der Waals surface area (Å²) >= 11 is 0. The van der Waals surface area contributed by atoms with Crippen molar-refractivity contribution in [3.63, 3.8) is 0 Å². The predicted molar refractivity (Wildman–Crippen MR) is 84.2 cm³/mol. The molecule has 120 valence electrons. The number of carbonyl (C=O) groups excluding carboxylic acids is 2. The molecule has 1 aromatic rings. The van der Waals surface area contributed by atoms with Gasteiger partial charge in [-0.2, -0.15) is 0 Å². The second-order valence-corrected chi connectivity index (χ2v) is 5.99. The van der Waals surface area contributed by atoms with Gasteiger partial charge in [-0.25, -0.2) is 4.79 Å². The highest BCUT2D eigenvalue weighted by atomic mass is 16.6. The molecule has 1 N–H and O–H groups in total. The zero-order chi connectivity index (χ0) is 15.9. The number of hydrogen-bond donors (Lipinski definition) is 1. The minimum Gasteiger partial charge on any atom is -0.445 e. The smallest absolute Gasteiger partial charge is 0.410 e. The molecule has 1 heterocycles. The fraction of sp³-hybridized carbons (Fsp3) is 0.529. The number of nitrogens with zero attached hydrogens (tertiary/aromatic N) is 1. The lowest BCUT2D eigenvalue weighted by Gasteiger charge is -2.31. The Balaban J connectivity index is 1.83. The molecule has 0 aromatic heterocycles. The van der Waals surface area contributed by atoms with Gasteiger partial charge in [0.05, 0.1) is 5.92 Å². The first-order chi connectivity index (χ1) is 10.6. The minimum absolute atomic E-state index is 0.0237. The van der Waals surface area contributed by atoms with Crippen molar-refractivity contribution in [2.45, 2.75) is 39.3 Å². The highest BCUT2D eigenvalue weighted by Gasteiger charge is 2.29. The molecule has 1 saturated heterocycles. The minimum atomic E-state index is -0.342. The van der Waals surface area contributed by atoms with Gasteiger partial charge in [-0.3, -0.25) is 4.79 Å². The SMILES string of the molecule is CC(C)NC(=O)C1CCCN(C(=O)OCc2ccccc2)C1. The van der Waals surface area contributed by atoms with E-state index >= 15 is 0 Å². The lowest BCUT2D eigenvalue weighted by Crippen LogP contribution is -2.46. The zero-order valence-electron chi connectivity index (χ0n) is 13.2. The van der Waals surface area contributed by atoms with Crippen LogP contribution in [0, 0.1) is 5.92 Å². The Morgan fingerprint density at radius 1 is 1.32 bits per heavy atom. The molecule has 5 heteroatoms. The molecule has 0 radical (unpaired) electrons. The first-order valence-electron chi connectivity index (χ1n) is 7.82. The largest absolute Gasteiger partial charge is 0.445 e. The standard InChI is InChI=1S/C17H24N2O3/c1-13(2)18-16(20)15-9-6-10-19(11-15)17(21)22-12-14-7-4-3-5-8-14/h3-5,7-8,13,15H,6,9-12H2,1-2H3,(H,18,20). The Morgan fingerprint density at radius 3 is 2.73 bits per heavy atom. The molecular weight excluding hydrogens is 280 g/mol. The first-order valence-corrected chi connectivity index (χ1v) is 7.82. The van der Waals surface area contributed by atoms with Crippen molar-refractivity contribution in [2.75, 3.05) is 13.1 Å². The second-order valence-electron chi connectivity index (χ2n) is 5.99. The van der Waals surface area contributed by atoms with Crippen LogP contribution >= 0.6 is 0 Å². The third-order valence-electron chi connectivity index (χ3n) is 3.69. The second kappa shape index (κ2) is 7.82. The van der Waals surface area contributed by atoms with E-state index in [1.54, 1.807) is 4.90 Å². The quantitative estimate of drug-likeness (QED) is 0.930. The van der Waals surface area contributed by atoms with E-state index < -0.39 is 0 Å². The Labute approximate surface area is 131 Å². The molecule has 5 nitrogen and oxygen atoms in total. The van der Waals surface area contributed by atoms with Crippen molar-refractivity contribution < 1.29 is 14.3 Å². The maximum Gasteiger partial charge on any atom is 0.410 e. The van der Waals surface area contributed by atoms with Crippen molar-refractivity contribution in [1.82, 2.24) is 10.2 Å². The van der Waals surface area contributed by atoms with E-state index in [2.05, 4.69) is 5.32 Å². The van der Waals surface area contributed by atoms with Crippen molar-refractivity contribution >= 4 is 12.0 Å². The van der Waals surface area contributed by atoms with Crippen LogP contribution in [0.2, 0.25) is 0 Å². The lowest BCUT2D eigenvalue weighted by molar-refractivity contribution is -0.126. The molecular formula is C17H24N2O3. The van der Waals surface area contributed by atoms with Crippen LogP contribution in [0.1, 0.15) is 32.3 Å². The number of ether oxygens (including phenoxy) is 1. The van der Waals surface area contributed by atoms with Crippen LogP contribution in [0.3, 0.4) is 0 Å². The van der Waals surface area contributed by atoms with E-state index in [-0.39, 0.29) is 30.6 Å². The number of piperidine rings is 1. The van der Waals surface area contributed by atoms with E-state index in [0.29, 0.717) is 13.1 Å². The molecule has 1 aliphatic rings. The molecule has 0 saturated carbocycles. The van der Waals surface area contributed by atoms with E-state index in [1.807, 2.05) is 44.2 Å². The molecule has 22 heavy (non-hydrogen) atoms. The molecule has 0 aliphatic carbocycles. The van der Waals surface area contributed by atoms with Gasteiger partial charge < -0.3 is 15.0 Å². The number of rotatable bonds is 4. The zero-order valence-corrected chi connectivity index (χ0v) is 13.2. The van der Waals surface area contributed by atoms with Crippen LogP contribution in [-0.4, -0.2) is 36.0 Å². The molecule has 1 aliphatic heterocycles. The molecule has 1 fully saturated rings. The van der Waals surface area contributed by atoms with Crippen molar-refractivity contribution in [3.05, 3.63) is 35.9 Å². The lowest BCUT2D eigenvalue weighted by atomic mass is 9.97. The Hall–Kier alpha value is -2.04. The summed E-state index contributed by atoms with van der Waals surface area (Å²) in [5, 5.41) is 2.91. The van der Waals surface area contributed by atoms with Gasteiger partial charge in [-0.05, 0) is 32.3 Å². The van der Waals surface area contributed by atoms with Crippen molar-refractivity contribution in [2.24, 2.45) is 5.92 Å². The van der Waals surface area contributed by atoms with Gasteiger partial charge in [-0.15, -0.1) is 0 Å². The Bertz CT molecular complexity index is 502. The van der Waals surface area contributed by atoms with Crippen molar-refractivity contribution in [3.8, 4) is 0 Å². The van der Waals surface area contributed by atoms with E-state index in [0.717, 1.165) is 18.4 Å². The van der Waals surface area contributed by atoms with E-state index in [9.17, 15) is 9.59 Å². The Kier molecular flexibility index (Phi) is 5.81. The van der Waals surface area contributed by atoms with Gasteiger partial charge in [0.15, 0.2) is 0 Å². The molecule has 0 spiro atoms. The summed E-state index contributed by atoms with van der Waals surface area (Å²) in [6.45, 7) is 5.23. The highest BCUT2D eigenvalue weighted by Crippen LogP contribution is 2.18. The van der Waals surface area contributed by atoms with Crippen LogP contribution in [0.4, 0.5) is 4.79 Å². The van der Waals surface area contributed by atoms with Crippen LogP contribution in [0.25, 0.3) is 0 Å². The van der Waals surface area contributed by atoms with Gasteiger partial charge in [0.25, 0.3) is 0 Å². The third-order valence-corrected chi connectivity index (χ3v) is 3.69. The summed E-state index contributed by atoms with van der Waals surface area (Å²) in [4.78, 5) is 25.8. The summed E-state index contributed by atoms with van der Waals surface area (Å²) in [6.07, 6.45) is 1.31. The van der Waals surface area contributed by atoms with Gasteiger partial charge in [-0.1, -0.05) is 30.3 Å². The van der Waals surface area contributed by atoms with Gasteiger partial charge in [0.2, 0.25) is 5.91 Å². The fourth-order valence-electron chi connectivity index (χ4n) is 2.57. The molecule has 1 atom stereocenters. The van der Waals surface area contributed by atoms with Crippen LogP contribution in [0.15, 0.2) is 30.3 Å². The Morgan fingerprint density at radius 2 is 2.05 bits per heavy atom. The van der Waals surface area contributed by atoms with E-state index in [4.69, 9.17) is 4.74 Å². The topological polar surface area (TPSA) is 58.6 Å². The number of benzene rings is 1. The normalized spacial score (nSPS) is 18.1.